The molecule has 1 amide bonds. The number of nitrogens with one attached hydrogen (secondary N) is 1. The van der Waals surface area contributed by atoms with Crippen molar-refractivity contribution in [3.63, 3.8) is 0 Å². The van der Waals surface area contributed by atoms with Crippen LogP contribution in [0.5, 0.6) is 0 Å². The summed E-state index contributed by atoms with van der Waals surface area (Å²) in [6.45, 7) is 0.692. The molecule has 0 aliphatic rings. The third kappa shape index (κ3) is 5.77. The summed E-state index contributed by atoms with van der Waals surface area (Å²) in [5, 5.41) is 7.06. The molecule has 1 aromatic heterocycles. The lowest BCUT2D eigenvalue weighted by Gasteiger charge is -2.06. The number of hydrogen-bond acceptors (Lipinski definition) is 3. The molecule has 120 valence electrons. The van der Waals surface area contributed by atoms with Crippen molar-refractivity contribution in [3.05, 3.63) is 47.8 Å². The fourth-order valence-electron chi connectivity index (χ4n) is 2.22. The van der Waals surface area contributed by atoms with Crippen LogP contribution < -0.4 is 11.1 Å². The standard InChI is InChI=1S/C16H22N4O.ClH/c1-20-12-13(11-19-20)5-4-10-18-16(21)9-8-14-6-2-3-7-15(14)17;/h2-3,6-7,11-12H,4-5,8-10,17H2,1H3,(H,18,21);1H. The Morgan fingerprint density at radius 1 is 1.32 bits per heavy atom. The van der Waals surface area contributed by atoms with Crippen molar-refractivity contribution in [3.8, 4) is 0 Å². The van der Waals surface area contributed by atoms with Gasteiger partial charge in [0.25, 0.3) is 0 Å². The third-order valence-electron chi connectivity index (χ3n) is 3.40. The molecule has 0 fully saturated rings. The van der Waals surface area contributed by atoms with E-state index in [0.717, 1.165) is 24.1 Å². The smallest absolute Gasteiger partial charge is 0.220 e. The summed E-state index contributed by atoms with van der Waals surface area (Å²) < 4.78 is 1.79. The normalized spacial score (nSPS) is 10.0. The lowest BCUT2D eigenvalue weighted by atomic mass is 10.1. The van der Waals surface area contributed by atoms with Gasteiger partial charge in [0.15, 0.2) is 0 Å². The predicted octanol–water partition coefficient (Wildman–Crippen LogP) is 2.11. The van der Waals surface area contributed by atoms with Gasteiger partial charge >= 0.3 is 0 Å². The fourth-order valence-corrected chi connectivity index (χ4v) is 2.22. The lowest BCUT2D eigenvalue weighted by Crippen LogP contribution is -2.25. The maximum absolute atomic E-state index is 11.8. The van der Waals surface area contributed by atoms with Crippen LogP contribution in [0.4, 0.5) is 5.69 Å². The Kier molecular flexibility index (Phi) is 7.46. The zero-order valence-corrected chi connectivity index (χ0v) is 13.6. The molecule has 0 radical (unpaired) electrons. The number of aryl methyl sites for hydroxylation is 3. The number of benzene rings is 1. The number of nitrogens with two attached hydrogens (primary N) is 1. The first-order chi connectivity index (χ1) is 10.1. The molecule has 1 heterocycles. The Bertz CT molecular complexity index is 597. The van der Waals surface area contributed by atoms with Crippen LogP contribution in [-0.2, 0) is 24.7 Å². The Balaban J connectivity index is 0.00000242. The van der Waals surface area contributed by atoms with Crippen molar-refractivity contribution in [2.75, 3.05) is 12.3 Å². The van der Waals surface area contributed by atoms with Crippen molar-refractivity contribution < 1.29 is 4.79 Å². The first-order valence-electron chi connectivity index (χ1n) is 7.23. The van der Waals surface area contributed by atoms with Gasteiger partial charge in [0, 0.05) is 31.9 Å². The molecule has 1 aromatic carbocycles. The number of amides is 1. The molecule has 2 aromatic rings. The van der Waals surface area contributed by atoms with Gasteiger partial charge in [-0.05, 0) is 36.5 Å². The highest BCUT2D eigenvalue weighted by Crippen LogP contribution is 2.12. The second kappa shape index (κ2) is 9.10. The maximum atomic E-state index is 11.8. The van der Waals surface area contributed by atoms with Gasteiger partial charge in [0.2, 0.25) is 5.91 Å². The van der Waals surface area contributed by atoms with Crippen molar-refractivity contribution >= 4 is 24.0 Å². The molecule has 0 aliphatic carbocycles. The number of carbonyl (C=O) groups is 1. The Hall–Kier alpha value is -2.01. The van der Waals surface area contributed by atoms with Gasteiger partial charge in [-0.1, -0.05) is 18.2 Å². The molecule has 0 saturated heterocycles. The van der Waals surface area contributed by atoms with E-state index < -0.39 is 0 Å². The molecule has 0 unspecified atom stereocenters. The minimum Gasteiger partial charge on any atom is -0.399 e. The highest BCUT2D eigenvalue weighted by molar-refractivity contribution is 5.85. The minimum absolute atomic E-state index is 0. The lowest BCUT2D eigenvalue weighted by molar-refractivity contribution is -0.121. The SMILES string of the molecule is Cl.Cn1cc(CCCNC(=O)CCc2ccccc2N)cn1. The summed E-state index contributed by atoms with van der Waals surface area (Å²) in [6.07, 6.45) is 6.87. The number of halogens is 1. The van der Waals surface area contributed by atoms with Crippen LogP contribution in [0.3, 0.4) is 0 Å². The Morgan fingerprint density at radius 2 is 2.09 bits per heavy atom. The largest absolute Gasteiger partial charge is 0.399 e. The third-order valence-corrected chi connectivity index (χ3v) is 3.40. The van der Waals surface area contributed by atoms with Crippen molar-refractivity contribution in [2.24, 2.45) is 7.05 Å². The number of nitrogens with zero attached hydrogens (tertiary/aromatic N) is 2. The Morgan fingerprint density at radius 3 is 2.77 bits per heavy atom. The summed E-state index contributed by atoms with van der Waals surface area (Å²) in [6, 6.07) is 7.67. The molecule has 0 bridgehead atoms. The van der Waals surface area contributed by atoms with E-state index in [1.807, 2.05) is 43.7 Å². The fraction of sp³-hybridized carbons (Fsp3) is 0.375. The van der Waals surface area contributed by atoms with Crippen LogP contribution in [0.1, 0.15) is 24.0 Å². The first kappa shape index (κ1) is 18.0. The van der Waals surface area contributed by atoms with E-state index in [-0.39, 0.29) is 18.3 Å². The molecule has 2 rings (SSSR count). The van der Waals surface area contributed by atoms with Crippen LogP contribution in [0.25, 0.3) is 0 Å². The molecule has 0 atom stereocenters. The molecule has 5 nitrogen and oxygen atoms in total. The number of para-hydroxylation sites is 1. The molecule has 22 heavy (non-hydrogen) atoms. The number of nitrogen functional groups attached to an aromatic ring is 1. The van der Waals surface area contributed by atoms with Gasteiger partial charge in [-0.3, -0.25) is 9.48 Å². The first-order valence-corrected chi connectivity index (χ1v) is 7.23. The minimum atomic E-state index is 0. The second-order valence-corrected chi connectivity index (χ2v) is 5.17. The van der Waals surface area contributed by atoms with Crippen LogP contribution >= 0.6 is 12.4 Å². The quantitative estimate of drug-likeness (QED) is 0.605. The number of anilines is 1. The van der Waals surface area contributed by atoms with Gasteiger partial charge in [-0.25, -0.2) is 0 Å². The number of rotatable bonds is 7. The van der Waals surface area contributed by atoms with Gasteiger partial charge in [0.05, 0.1) is 6.20 Å². The molecule has 0 saturated carbocycles. The van der Waals surface area contributed by atoms with E-state index in [2.05, 4.69) is 10.4 Å². The van der Waals surface area contributed by atoms with E-state index in [1.165, 1.54) is 5.56 Å². The number of hydrogen-bond donors (Lipinski definition) is 2. The molecule has 0 spiro atoms. The highest BCUT2D eigenvalue weighted by Gasteiger charge is 2.04. The summed E-state index contributed by atoms with van der Waals surface area (Å²) in [4.78, 5) is 11.8. The topological polar surface area (TPSA) is 72.9 Å². The van der Waals surface area contributed by atoms with Gasteiger partial charge in [-0.2, -0.15) is 5.10 Å². The van der Waals surface area contributed by atoms with E-state index in [0.29, 0.717) is 19.4 Å². The van der Waals surface area contributed by atoms with Gasteiger partial charge in [0.1, 0.15) is 0 Å². The number of carbonyl (C=O) groups excluding carboxylic acids is 1. The zero-order valence-electron chi connectivity index (χ0n) is 12.8. The van der Waals surface area contributed by atoms with Crippen LogP contribution in [0, 0.1) is 0 Å². The zero-order chi connectivity index (χ0) is 15.1. The van der Waals surface area contributed by atoms with E-state index in [4.69, 9.17) is 5.73 Å². The number of aromatic nitrogens is 2. The molecule has 6 heteroatoms. The maximum Gasteiger partial charge on any atom is 0.220 e. The van der Waals surface area contributed by atoms with E-state index in [1.54, 1.807) is 4.68 Å². The van der Waals surface area contributed by atoms with E-state index >= 15 is 0 Å². The second-order valence-electron chi connectivity index (χ2n) is 5.17. The van der Waals surface area contributed by atoms with Crippen LogP contribution in [0.15, 0.2) is 36.7 Å². The van der Waals surface area contributed by atoms with Gasteiger partial charge in [-0.15, -0.1) is 12.4 Å². The van der Waals surface area contributed by atoms with Gasteiger partial charge < -0.3 is 11.1 Å². The molecular weight excluding hydrogens is 300 g/mol. The summed E-state index contributed by atoms with van der Waals surface area (Å²) in [7, 11) is 1.90. The van der Waals surface area contributed by atoms with Crippen molar-refractivity contribution in [2.45, 2.75) is 25.7 Å². The summed E-state index contributed by atoms with van der Waals surface area (Å²) in [5.41, 5.74) is 8.84. The summed E-state index contributed by atoms with van der Waals surface area (Å²) >= 11 is 0. The summed E-state index contributed by atoms with van der Waals surface area (Å²) in [5.74, 6) is 0.0736. The monoisotopic (exact) mass is 322 g/mol. The predicted molar refractivity (Wildman–Crippen MR) is 91.0 cm³/mol. The molecule has 0 aliphatic heterocycles. The molecular formula is C16H23ClN4O. The Labute approximate surface area is 137 Å². The highest BCUT2D eigenvalue weighted by atomic mass is 35.5. The van der Waals surface area contributed by atoms with E-state index in [9.17, 15) is 4.79 Å². The van der Waals surface area contributed by atoms with Crippen molar-refractivity contribution in [1.29, 1.82) is 0 Å². The van der Waals surface area contributed by atoms with Crippen molar-refractivity contribution in [1.82, 2.24) is 15.1 Å². The van der Waals surface area contributed by atoms with Crippen LogP contribution in [0.2, 0.25) is 0 Å². The van der Waals surface area contributed by atoms with Crippen LogP contribution in [-0.4, -0.2) is 22.2 Å². The average Bonchev–Trinajstić information content (AvgIpc) is 2.88. The average molecular weight is 323 g/mol. The molecule has 3 N–H and O–H groups in total.